The minimum Gasteiger partial charge on any atom is -0.477 e. The van der Waals surface area contributed by atoms with Crippen molar-refractivity contribution in [3.05, 3.63) is 23.9 Å². The number of nitrogens with one attached hydrogen (secondary N) is 1. The van der Waals surface area contributed by atoms with Crippen LogP contribution in [0.2, 0.25) is 0 Å². The van der Waals surface area contributed by atoms with Crippen LogP contribution in [0.15, 0.2) is 18.2 Å². The molecule has 0 aromatic carbocycles. The van der Waals surface area contributed by atoms with Gasteiger partial charge in [-0.25, -0.2) is 9.78 Å². The molecule has 2 atom stereocenters. The van der Waals surface area contributed by atoms with E-state index in [0.717, 1.165) is 6.42 Å². The van der Waals surface area contributed by atoms with E-state index < -0.39 is 16.2 Å². The van der Waals surface area contributed by atoms with E-state index in [4.69, 9.17) is 5.11 Å². The molecule has 7 nitrogen and oxygen atoms in total. The lowest BCUT2D eigenvalue weighted by Gasteiger charge is -2.33. The van der Waals surface area contributed by atoms with Crippen LogP contribution in [0.25, 0.3) is 0 Å². The fraction of sp³-hybridized carbons (Fsp3) is 0.538. The Morgan fingerprint density at radius 1 is 1.33 bits per heavy atom. The van der Waals surface area contributed by atoms with E-state index in [0.29, 0.717) is 24.9 Å². The molecular formula is C13H19N3O4S. The number of carboxylic acids is 1. The van der Waals surface area contributed by atoms with Gasteiger partial charge in [0.15, 0.2) is 5.69 Å². The molecule has 0 spiro atoms. The Kier molecular flexibility index (Phi) is 4.48. The molecule has 1 aromatic heterocycles. The first-order valence-electron chi connectivity index (χ1n) is 6.76. The second kappa shape index (κ2) is 5.98. The van der Waals surface area contributed by atoms with Crippen molar-refractivity contribution in [2.75, 3.05) is 17.8 Å². The number of carboxylic acid groups (broad SMARTS) is 1. The SMILES string of the molecule is CC1CC(C)CN(S(=O)(=O)Nc2cccc(C(=O)O)n2)C1. The molecule has 1 fully saturated rings. The molecule has 1 aromatic rings. The van der Waals surface area contributed by atoms with Gasteiger partial charge < -0.3 is 5.11 Å². The van der Waals surface area contributed by atoms with Crippen molar-refractivity contribution in [3.8, 4) is 0 Å². The lowest BCUT2D eigenvalue weighted by Crippen LogP contribution is -2.45. The van der Waals surface area contributed by atoms with Crippen LogP contribution in [0, 0.1) is 11.8 Å². The Morgan fingerprint density at radius 3 is 2.52 bits per heavy atom. The van der Waals surface area contributed by atoms with Crippen LogP contribution in [0.1, 0.15) is 30.8 Å². The first-order chi connectivity index (χ1) is 9.78. The van der Waals surface area contributed by atoms with Crippen LogP contribution in [0.3, 0.4) is 0 Å². The molecule has 0 saturated carbocycles. The van der Waals surface area contributed by atoms with Crippen molar-refractivity contribution in [2.45, 2.75) is 20.3 Å². The predicted octanol–water partition coefficient (Wildman–Crippen LogP) is 1.41. The molecule has 21 heavy (non-hydrogen) atoms. The smallest absolute Gasteiger partial charge is 0.354 e. The van der Waals surface area contributed by atoms with Gasteiger partial charge in [-0.3, -0.25) is 4.72 Å². The molecule has 2 unspecified atom stereocenters. The number of anilines is 1. The van der Waals surface area contributed by atoms with Gasteiger partial charge in [0.1, 0.15) is 5.82 Å². The third kappa shape index (κ3) is 3.92. The highest BCUT2D eigenvalue weighted by molar-refractivity contribution is 7.90. The summed E-state index contributed by atoms with van der Waals surface area (Å²) < 4.78 is 28.4. The van der Waals surface area contributed by atoms with Crippen LogP contribution in [0.5, 0.6) is 0 Å². The number of pyridine rings is 1. The van der Waals surface area contributed by atoms with Crippen LogP contribution < -0.4 is 4.72 Å². The van der Waals surface area contributed by atoms with Crippen LogP contribution in [-0.4, -0.2) is 41.9 Å². The van der Waals surface area contributed by atoms with Gasteiger partial charge in [0.2, 0.25) is 0 Å². The lowest BCUT2D eigenvalue weighted by atomic mass is 9.94. The first kappa shape index (κ1) is 15.7. The zero-order valence-electron chi connectivity index (χ0n) is 12.0. The standard InChI is InChI=1S/C13H19N3O4S/c1-9-6-10(2)8-16(7-9)21(19,20)15-12-5-3-4-11(14-12)13(17)18/h3-5,9-10H,6-8H2,1-2H3,(H,14,15)(H,17,18). The molecule has 116 valence electrons. The summed E-state index contributed by atoms with van der Waals surface area (Å²) >= 11 is 0. The van der Waals surface area contributed by atoms with E-state index in [1.54, 1.807) is 0 Å². The summed E-state index contributed by atoms with van der Waals surface area (Å²) in [6.45, 7) is 4.94. The molecule has 2 heterocycles. The highest BCUT2D eigenvalue weighted by Crippen LogP contribution is 2.23. The summed E-state index contributed by atoms with van der Waals surface area (Å²) in [6.07, 6.45) is 0.999. The third-order valence-electron chi connectivity index (χ3n) is 3.38. The molecule has 1 saturated heterocycles. The maximum atomic E-state index is 12.4. The highest BCUT2D eigenvalue weighted by Gasteiger charge is 2.30. The average molecular weight is 313 g/mol. The van der Waals surface area contributed by atoms with E-state index in [1.807, 2.05) is 13.8 Å². The number of aromatic nitrogens is 1. The zero-order chi connectivity index (χ0) is 15.6. The maximum Gasteiger partial charge on any atom is 0.354 e. The molecular weight excluding hydrogens is 294 g/mol. The Balaban J connectivity index is 2.17. The molecule has 2 N–H and O–H groups in total. The Labute approximate surface area is 124 Å². The number of nitrogens with zero attached hydrogens (tertiary/aromatic N) is 2. The molecule has 1 aliphatic rings. The fourth-order valence-electron chi connectivity index (χ4n) is 2.61. The second-order valence-corrected chi connectivity index (χ2v) is 7.25. The molecule has 8 heteroatoms. The van der Waals surface area contributed by atoms with Crippen LogP contribution in [0.4, 0.5) is 5.82 Å². The number of carbonyl (C=O) groups is 1. The minimum atomic E-state index is -3.72. The quantitative estimate of drug-likeness (QED) is 0.875. The average Bonchev–Trinajstić information content (AvgIpc) is 2.37. The fourth-order valence-corrected chi connectivity index (χ4v) is 4.02. The normalized spacial score (nSPS) is 23.7. The van der Waals surface area contributed by atoms with Gasteiger partial charge in [-0.1, -0.05) is 19.9 Å². The van der Waals surface area contributed by atoms with Crippen LogP contribution in [-0.2, 0) is 10.2 Å². The number of piperidine rings is 1. The van der Waals surface area contributed by atoms with E-state index in [9.17, 15) is 13.2 Å². The van der Waals surface area contributed by atoms with Gasteiger partial charge in [-0.05, 0) is 30.4 Å². The second-order valence-electron chi connectivity index (χ2n) is 5.58. The molecule has 0 aliphatic carbocycles. The predicted molar refractivity (Wildman–Crippen MR) is 78.3 cm³/mol. The summed E-state index contributed by atoms with van der Waals surface area (Å²) in [5.41, 5.74) is -0.199. The van der Waals surface area contributed by atoms with E-state index in [-0.39, 0.29) is 11.5 Å². The third-order valence-corrected chi connectivity index (χ3v) is 4.82. The summed E-state index contributed by atoms with van der Waals surface area (Å²) in [7, 11) is -3.72. The topological polar surface area (TPSA) is 99.6 Å². The zero-order valence-corrected chi connectivity index (χ0v) is 12.8. The van der Waals surface area contributed by atoms with Crippen LogP contribution >= 0.6 is 0 Å². The van der Waals surface area contributed by atoms with Crippen molar-refractivity contribution < 1.29 is 18.3 Å². The van der Waals surface area contributed by atoms with Crippen molar-refractivity contribution in [1.82, 2.24) is 9.29 Å². The lowest BCUT2D eigenvalue weighted by molar-refractivity contribution is 0.0690. The van der Waals surface area contributed by atoms with Gasteiger partial charge in [0.25, 0.3) is 0 Å². The molecule has 0 amide bonds. The summed E-state index contributed by atoms with van der Waals surface area (Å²) in [6, 6.07) is 4.20. The Bertz CT molecular complexity index is 622. The summed E-state index contributed by atoms with van der Waals surface area (Å²) in [4.78, 5) is 14.6. The molecule has 1 aliphatic heterocycles. The van der Waals surface area contributed by atoms with Gasteiger partial charge in [-0.15, -0.1) is 0 Å². The maximum absolute atomic E-state index is 12.4. The summed E-state index contributed by atoms with van der Waals surface area (Å²) in [5.74, 6) is -0.593. The van der Waals surface area contributed by atoms with Crippen molar-refractivity contribution in [3.63, 3.8) is 0 Å². The number of rotatable bonds is 4. The number of aromatic carboxylic acids is 1. The number of hydrogen-bond acceptors (Lipinski definition) is 4. The first-order valence-corrected chi connectivity index (χ1v) is 8.20. The van der Waals surface area contributed by atoms with Crippen molar-refractivity contribution in [1.29, 1.82) is 0 Å². The highest BCUT2D eigenvalue weighted by atomic mass is 32.2. The monoisotopic (exact) mass is 313 g/mol. The van der Waals surface area contributed by atoms with Crippen molar-refractivity contribution in [2.24, 2.45) is 11.8 Å². The largest absolute Gasteiger partial charge is 0.477 e. The van der Waals surface area contributed by atoms with Gasteiger partial charge in [0.05, 0.1) is 0 Å². The Hall–Kier alpha value is -1.67. The van der Waals surface area contributed by atoms with Gasteiger partial charge in [-0.2, -0.15) is 12.7 Å². The van der Waals surface area contributed by atoms with Gasteiger partial charge in [0, 0.05) is 13.1 Å². The van der Waals surface area contributed by atoms with E-state index in [1.165, 1.54) is 22.5 Å². The van der Waals surface area contributed by atoms with Gasteiger partial charge >= 0.3 is 16.2 Å². The number of hydrogen-bond donors (Lipinski definition) is 2. The Morgan fingerprint density at radius 2 is 1.95 bits per heavy atom. The van der Waals surface area contributed by atoms with Crippen molar-refractivity contribution >= 4 is 22.0 Å². The minimum absolute atomic E-state index is 0.0146. The van der Waals surface area contributed by atoms with E-state index in [2.05, 4.69) is 9.71 Å². The molecule has 2 rings (SSSR count). The van der Waals surface area contributed by atoms with E-state index >= 15 is 0 Å². The molecule has 0 bridgehead atoms. The summed E-state index contributed by atoms with van der Waals surface area (Å²) in [5, 5.41) is 8.88. The molecule has 0 radical (unpaired) electrons.